The highest BCUT2D eigenvalue weighted by Gasteiger charge is 2.19. The molecular formula is C18H20O2. The fourth-order valence-corrected chi connectivity index (χ4v) is 2.46. The minimum absolute atomic E-state index is 0.139. The summed E-state index contributed by atoms with van der Waals surface area (Å²) in [6.45, 7) is 5.99. The number of fused-ring (bicyclic) bond motifs is 1. The molecule has 2 heteroatoms. The van der Waals surface area contributed by atoms with E-state index >= 15 is 0 Å². The maximum atomic E-state index is 12.0. The van der Waals surface area contributed by atoms with Gasteiger partial charge in [0, 0.05) is 0 Å². The van der Waals surface area contributed by atoms with E-state index in [4.69, 9.17) is 4.74 Å². The van der Waals surface area contributed by atoms with E-state index in [1.807, 2.05) is 25.1 Å². The maximum Gasteiger partial charge on any atom is 0.309 e. The molecule has 0 unspecified atom stereocenters. The molecule has 1 atom stereocenters. The molecule has 2 rings (SSSR count). The zero-order chi connectivity index (χ0) is 14.4. The van der Waals surface area contributed by atoms with Crippen molar-refractivity contribution in [2.45, 2.75) is 19.8 Å². The molecule has 0 bridgehead atoms. The number of ether oxygens (including phenoxy) is 1. The Morgan fingerprint density at radius 2 is 2.00 bits per heavy atom. The molecule has 20 heavy (non-hydrogen) atoms. The second-order valence-electron chi connectivity index (χ2n) is 4.82. The average Bonchev–Trinajstić information content (AvgIpc) is 2.47. The zero-order valence-electron chi connectivity index (χ0n) is 11.8. The van der Waals surface area contributed by atoms with E-state index in [-0.39, 0.29) is 11.9 Å². The first-order valence-corrected chi connectivity index (χ1v) is 7.00. The van der Waals surface area contributed by atoms with Gasteiger partial charge in [0.2, 0.25) is 0 Å². The van der Waals surface area contributed by atoms with E-state index in [1.165, 1.54) is 16.3 Å². The number of benzene rings is 2. The Hall–Kier alpha value is -2.09. The quantitative estimate of drug-likeness (QED) is 0.581. The first kappa shape index (κ1) is 14.3. The summed E-state index contributed by atoms with van der Waals surface area (Å²) >= 11 is 0. The van der Waals surface area contributed by atoms with Crippen molar-refractivity contribution in [3.8, 4) is 0 Å². The van der Waals surface area contributed by atoms with Crippen molar-refractivity contribution in [3.05, 3.63) is 60.7 Å². The maximum absolute atomic E-state index is 12.0. The van der Waals surface area contributed by atoms with Gasteiger partial charge in [0.05, 0.1) is 12.5 Å². The smallest absolute Gasteiger partial charge is 0.309 e. The molecule has 0 aliphatic rings. The van der Waals surface area contributed by atoms with Crippen LogP contribution in [0.2, 0.25) is 0 Å². The Bertz CT molecular complexity index is 596. The van der Waals surface area contributed by atoms with Crippen LogP contribution in [-0.4, -0.2) is 12.6 Å². The summed E-state index contributed by atoms with van der Waals surface area (Å²) in [7, 11) is 0. The third-order valence-corrected chi connectivity index (χ3v) is 3.42. The molecule has 0 saturated carbocycles. The molecule has 0 heterocycles. The van der Waals surface area contributed by atoms with Crippen molar-refractivity contribution in [3.63, 3.8) is 0 Å². The van der Waals surface area contributed by atoms with E-state index in [9.17, 15) is 4.79 Å². The molecule has 2 aromatic carbocycles. The largest absolute Gasteiger partial charge is 0.466 e. The second kappa shape index (κ2) is 6.90. The Morgan fingerprint density at radius 1 is 1.25 bits per heavy atom. The van der Waals surface area contributed by atoms with Crippen molar-refractivity contribution in [1.82, 2.24) is 0 Å². The monoisotopic (exact) mass is 268 g/mol. The van der Waals surface area contributed by atoms with Gasteiger partial charge in [-0.15, -0.1) is 6.58 Å². The topological polar surface area (TPSA) is 26.3 Å². The van der Waals surface area contributed by atoms with Crippen LogP contribution < -0.4 is 0 Å². The summed E-state index contributed by atoms with van der Waals surface area (Å²) in [5, 5.41) is 2.40. The van der Waals surface area contributed by atoms with E-state index in [2.05, 4.69) is 30.8 Å². The number of carbonyl (C=O) groups is 1. The molecule has 0 N–H and O–H groups in total. The molecule has 0 aromatic heterocycles. The zero-order valence-corrected chi connectivity index (χ0v) is 11.8. The first-order valence-electron chi connectivity index (χ1n) is 7.00. The normalized spacial score (nSPS) is 12.1. The van der Waals surface area contributed by atoms with Crippen LogP contribution >= 0.6 is 0 Å². The van der Waals surface area contributed by atoms with Crippen LogP contribution in [0, 0.1) is 5.92 Å². The van der Waals surface area contributed by atoms with Gasteiger partial charge in [-0.3, -0.25) is 4.79 Å². The fourth-order valence-electron chi connectivity index (χ4n) is 2.46. The first-order chi connectivity index (χ1) is 9.76. The summed E-state index contributed by atoms with van der Waals surface area (Å²) in [5.41, 5.74) is 1.18. The van der Waals surface area contributed by atoms with Gasteiger partial charge in [0.15, 0.2) is 0 Å². The van der Waals surface area contributed by atoms with Crippen LogP contribution in [0.3, 0.4) is 0 Å². The number of hydrogen-bond acceptors (Lipinski definition) is 2. The summed E-state index contributed by atoms with van der Waals surface area (Å²) in [6.07, 6.45) is 3.11. The van der Waals surface area contributed by atoms with Crippen molar-refractivity contribution in [1.29, 1.82) is 0 Å². The molecule has 2 aromatic rings. The van der Waals surface area contributed by atoms with Gasteiger partial charge in [-0.25, -0.2) is 0 Å². The van der Waals surface area contributed by atoms with Crippen LogP contribution in [0.4, 0.5) is 0 Å². The van der Waals surface area contributed by atoms with Crippen LogP contribution in [0.5, 0.6) is 0 Å². The van der Waals surface area contributed by atoms with Crippen LogP contribution in [0.25, 0.3) is 10.8 Å². The fraction of sp³-hybridized carbons (Fsp3) is 0.278. The lowest BCUT2D eigenvalue weighted by Crippen LogP contribution is -2.19. The van der Waals surface area contributed by atoms with Crippen LogP contribution in [0.15, 0.2) is 55.1 Å². The Balaban J connectivity index is 2.28. The number of carbonyl (C=O) groups excluding carboxylic acids is 1. The minimum atomic E-state index is -0.154. The molecular weight excluding hydrogens is 248 g/mol. The predicted octanol–water partition coefficient (Wildman–Crippen LogP) is 4.14. The van der Waals surface area contributed by atoms with Gasteiger partial charge in [-0.05, 0) is 36.1 Å². The van der Waals surface area contributed by atoms with Crippen molar-refractivity contribution < 1.29 is 9.53 Å². The van der Waals surface area contributed by atoms with Crippen molar-refractivity contribution >= 4 is 16.7 Å². The third-order valence-electron chi connectivity index (χ3n) is 3.42. The van der Waals surface area contributed by atoms with Gasteiger partial charge >= 0.3 is 5.97 Å². The van der Waals surface area contributed by atoms with Gasteiger partial charge in [0.25, 0.3) is 0 Å². The van der Waals surface area contributed by atoms with Crippen molar-refractivity contribution in [2.24, 2.45) is 5.92 Å². The van der Waals surface area contributed by atoms with E-state index in [1.54, 1.807) is 6.08 Å². The Labute approximate surface area is 120 Å². The summed E-state index contributed by atoms with van der Waals surface area (Å²) in [5.74, 6) is -0.293. The predicted molar refractivity (Wildman–Crippen MR) is 82.6 cm³/mol. The molecule has 0 fully saturated rings. The molecule has 0 radical (unpaired) electrons. The van der Waals surface area contributed by atoms with Gasteiger partial charge in [0.1, 0.15) is 0 Å². The lowest BCUT2D eigenvalue weighted by atomic mass is 9.93. The summed E-state index contributed by atoms with van der Waals surface area (Å²) in [4.78, 5) is 12.0. The summed E-state index contributed by atoms with van der Waals surface area (Å²) in [6, 6.07) is 14.4. The molecule has 0 amide bonds. The third kappa shape index (κ3) is 3.27. The summed E-state index contributed by atoms with van der Waals surface area (Å²) < 4.78 is 5.15. The molecule has 2 nitrogen and oxygen atoms in total. The molecule has 0 aliphatic carbocycles. The molecule has 104 valence electrons. The Morgan fingerprint density at radius 3 is 2.75 bits per heavy atom. The van der Waals surface area contributed by atoms with E-state index < -0.39 is 0 Å². The SMILES string of the molecule is C=CC[C@@H](Cc1cccc2ccccc12)C(=O)OCC. The van der Waals surface area contributed by atoms with E-state index in [0.717, 1.165) is 0 Å². The van der Waals surface area contributed by atoms with Crippen LogP contribution in [-0.2, 0) is 16.0 Å². The standard InChI is InChI=1S/C18H20O2/c1-3-8-16(18(19)20-4-2)13-15-11-7-10-14-9-5-6-12-17(14)15/h3,5-7,9-12,16H,1,4,8,13H2,2H3/t16-/m0/s1. The molecule has 0 aliphatic heterocycles. The van der Waals surface area contributed by atoms with Crippen molar-refractivity contribution in [2.75, 3.05) is 6.61 Å². The molecule has 0 saturated heterocycles. The number of allylic oxidation sites excluding steroid dienone is 1. The lowest BCUT2D eigenvalue weighted by Gasteiger charge is -2.15. The molecule has 0 spiro atoms. The van der Waals surface area contributed by atoms with Crippen LogP contribution in [0.1, 0.15) is 18.9 Å². The highest BCUT2D eigenvalue weighted by atomic mass is 16.5. The number of rotatable bonds is 6. The number of hydrogen-bond donors (Lipinski definition) is 0. The highest BCUT2D eigenvalue weighted by molar-refractivity contribution is 5.86. The van der Waals surface area contributed by atoms with Gasteiger partial charge < -0.3 is 4.74 Å². The van der Waals surface area contributed by atoms with Gasteiger partial charge in [-0.2, -0.15) is 0 Å². The second-order valence-corrected chi connectivity index (χ2v) is 4.82. The van der Waals surface area contributed by atoms with Gasteiger partial charge in [-0.1, -0.05) is 48.5 Å². The lowest BCUT2D eigenvalue weighted by molar-refractivity contribution is -0.147. The number of esters is 1. The highest BCUT2D eigenvalue weighted by Crippen LogP contribution is 2.23. The van der Waals surface area contributed by atoms with E-state index in [0.29, 0.717) is 19.4 Å². The minimum Gasteiger partial charge on any atom is -0.466 e. The Kier molecular flexibility index (Phi) is 4.94. The average molecular weight is 268 g/mol.